The predicted octanol–water partition coefficient (Wildman–Crippen LogP) is 1.61. The molecule has 18 heavy (non-hydrogen) atoms. The van der Waals surface area contributed by atoms with Gasteiger partial charge in [-0.3, -0.25) is 4.79 Å². The first-order valence-corrected chi connectivity index (χ1v) is 5.34. The number of methoxy groups -OCH3 is 2. The lowest BCUT2D eigenvalue weighted by Crippen LogP contribution is -2.05. The highest BCUT2D eigenvalue weighted by molar-refractivity contribution is 5.82. The maximum atomic E-state index is 11.9. The standard InChI is InChI=1S/C13H12N2O3/c1-17-12-6-9-10(7-13(12)18-2)15-8(3-4-14)5-11(9)16/h5-7H,3H2,1-2H3,(H,15,16). The molecule has 0 radical (unpaired) electrons. The molecule has 0 amide bonds. The fraction of sp³-hybridized carbons (Fsp3) is 0.231. The van der Waals surface area contributed by atoms with E-state index in [0.717, 1.165) is 0 Å². The third-order valence-electron chi connectivity index (χ3n) is 2.66. The smallest absolute Gasteiger partial charge is 0.189 e. The highest BCUT2D eigenvalue weighted by Gasteiger charge is 2.09. The molecule has 0 atom stereocenters. The Morgan fingerprint density at radius 1 is 1.22 bits per heavy atom. The summed E-state index contributed by atoms with van der Waals surface area (Å²) in [6.45, 7) is 0. The summed E-state index contributed by atoms with van der Waals surface area (Å²) in [5.41, 5.74) is 1.07. The van der Waals surface area contributed by atoms with Gasteiger partial charge in [0.2, 0.25) is 0 Å². The van der Waals surface area contributed by atoms with Crippen LogP contribution in [0.4, 0.5) is 0 Å². The molecule has 2 aromatic rings. The predicted molar refractivity (Wildman–Crippen MR) is 67.0 cm³/mol. The summed E-state index contributed by atoms with van der Waals surface area (Å²) in [4.78, 5) is 15.0. The number of benzene rings is 1. The van der Waals surface area contributed by atoms with Crippen LogP contribution in [0.3, 0.4) is 0 Å². The second kappa shape index (κ2) is 4.80. The minimum atomic E-state index is -0.144. The van der Waals surface area contributed by atoms with Crippen LogP contribution in [-0.2, 0) is 6.42 Å². The third kappa shape index (κ3) is 2.00. The number of H-pyrrole nitrogens is 1. The molecule has 0 bridgehead atoms. The molecule has 0 fully saturated rings. The van der Waals surface area contributed by atoms with Crippen LogP contribution in [-0.4, -0.2) is 19.2 Å². The van der Waals surface area contributed by atoms with E-state index in [0.29, 0.717) is 28.1 Å². The van der Waals surface area contributed by atoms with Crippen LogP contribution in [0, 0.1) is 11.3 Å². The fourth-order valence-corrected chi connectivity index (χ4v) is 1.81. The number of pyridine rings is 1. The van der Waals surface area contributed by atoms with Gasteiger partial charge in [0.05, 0.1) is 32.2 Å². The molecule has 0 aliphatic rings. The molecule has 0 spiro atoms. The van der Waals surface area contributed by atoms with Gasteiger partial charge in [0.15, 0.2) is 16.9 Å². The van der Waals surface area contributed by atoms with Crippen LogP contribution < -0.4 is 14.9 Å². The second-order valence-corrected chi connectivity index (χ2v) is 3.75. The van der Waals surface area contributed by atoms with E-state index in [1.165, 1.54) is 20.3 Å². The summed E-state index contributed by atoms with van der Waals surface area (Å²) in [7, 11) is 3.04. The van der Waals surface area contributed by atoms with E-state index in [1.807, 2.05) is 6.07 Å². The van der Waals surface area contributed by atoms with Crippen molar-refractivity contribution < 1.29 is 9.47 Å². The Hall–Kier alpha value is -2.48. The van der Waals surface area contributed by atoms with Crippen molar-refractivity contribution in [1.29, 1.82) is 5.26 Å². The topological polar surface area (TPSA) is 75.1 Å². The summed E-state index contributed by atoms with van der Waals surface area (Å²) in [6.07, 6.45) is 0.166. The number of hydrogen-bond donors (Lipinski definition) is 1. The van der Waals surface area contributed by atoms with E-state index in [4.69, 9.17) is 14.7 Å². The Labute approximate surface area is 104 Å². The highest BCUT2D eigenvalue weighted by atomic mass is 16.5. The van der Waals surface area contributed by atoms with E-state index < -0.39 is 0 Å². The van der Waals surface area contributed by atoms with Gasteiger partial charge >= 0.3 is 0 Å². The normalized spacial score (nSPS) is 10.1. The van der Waals surface area contributed by atoms with E-state index in [2.05, 4.69) is 4.98 Å². The zero-order valence-electron chi connectivity index (χ0n) is 10.1. The van der Waals surface area contributed by atoms with Crippen LogP contribution in [0.1, 0.15) is 5.69 Å². The summed E-state index contributed by atoms with van der Waals surface area (Å²) in [5.74, 6) is 1.04. The first-order valence-electron chi connectivity index (χ1n) is 5.34. The summed E-state index contributed by atoms with van der Waals surface area (Å²) in [6, 6.07) is 6.75. The van der Waals surface area contributed by atoms with Gasteiger partial charge in [-0.05, 0) is 6.07 Å². The van der Waals surface area contributed by atoms with Gasteiger partial charge in [-0.2, -0.15) is 5.26 Å². The van der Waals surface area contributed by atoms with Crippen molar-refractivity contribution in [3.05, 3.63) is 34.1 Å². The number of nitrogens with one attached hydrogen (secondary N) is 1. The van der Waals surface area contributed by atoms with E-state index in [1.54, 1.807) is 12.1 Å². The number of nitrogens with zero attached hydrogens (tertiary/aromatic N) is 1. The van der Waals surface area contributed by atoms with Crippen molar-refractivity contribution in [3.63, 3.8) is 0 Å². The maximum absolute atomic E-state index is 11.9. The van der Waals surface area contributed by atoms with Crippen molar-refractivity contribution in [1.82, 2.24) is 4.98 Å². The molecule has 0 aliphatic carbocycles. The molecule has 1 aromatic heterocycles. The molecule has 1 N–H and O–H groups in total. The second-order valence-electron chi connectivity index (χ2n) is 3.75. The van der Waals surface area contributed by atoms with E-state index in [-0.39, 0.29) is 11.8 Å². The Morgan fingerprint density at radius 2 is 1.89 bits per heavy atom. The number of hydrogen-bond acceptors (Lipinski definition) is 4. The van der Waals surface area contributed by atoms with Gasteiger partial charge in [-0.15, -0.1) is 0 Å². The minimum absolute atomic E-state index is 0.144. The van der Waals surface area contributed by atoms with Gasteiger partial charge in [0.25, 0.3) is 0 Å². The quantitative estimate of drug-likeness (QED) is 0.890. The molecular formula is C13H12N2O3. The molecule has 0 unspecified atom stereocenters. The lowest BCUT2D eigenvalue weighted by atomic mass is 10.1. The minimum Gasteiger partial charge on any atom is -0.493 e. The van der Waals surface area contributed by atoms with E-state index >= 15 is 0 Å². The lowest BCUT2D eigenvalue weighted by molar-refractivity contribution is 0.355. The van der Waals surface area contributed by atoms with Gasteiger partial charge < -0.3 is 14.5 Å². The summed E-state index contributed by atoms with van der Waals surface area (Å²) >= 11 is 0. The average Bonchev–Trinajstić information content (AvgIpc) is 2.37. The van der Waals surface area contributed by atoms with Crippen LogP contribution in [0.15, 0.2) is 23.0 Å². The van der Waals surface area contributed by atoms with Crippen LogP contribution in [0.5, 0.6) is 11.5 Å². The molecule has 1 aromatic carbocycles. The average molecular weight is 244 g/mol. The highest BCUT2D eigenvalue weighted by Crippen LogP contribution is 2.30. The number of aromatic amines is 1. The largest absolute Gasteiger partial charge is 0.493 e. The molecule has 92 valence electrons. The monoisotopic (exact) mass is 244 g/mol. The lowest BCUT2D eigenvalue weighted by Gasteiger charge is -2.09. The fourth-order valence-electron chi connectivity index (χ4n) is 1.81. The Kier molecular flexibility index (Phi) is 3.20. The number of rotatable bonds is 3. The molecule has 5 nitrogen and oxygen atoms in total. The number of aromatic nitrogens is 1. The number of fused-ring (bicyclic) bond motifs is 1. The zero-order chi connectivity index (χ0) is 13.1. The SMILES string of the molecule is COc1cc2[nH]c(CC#N)cc(=O)c2cc1OC. The van der Waals surface area contributed by atoms with Gasteiger partial charge in [0, 0.05) is 23.2 Å². The van der Waals surface area contributed by atoms with Crippen molar-refractivity contribution in [2.45, 2.75) is 6.42 Å². The summed E-state index contributed by atoms with van der Waals surface area (Å²) in [5, 5.41) is 9.16. The van der Waals surface area contributed by atoms with Crippen LogP contribution in [0.2, 0.25) is 0 Å². The first kappa shape index (κ1) is 12.0. The Bertz CT molecular complexity index is 683. The van der Waals surface area contributed by atoms with Crippen molar-refractivity contribution in [3.8, 4) is 17.6 Å². The van der Waals surface area contributed by atoms with Crippen LogP contribution in [0.25, 0.3) is 10.9 Å². The maximum Gasteiger partial charge on any atom is 0.189 e. The van der Waals surface area contributed by atoms with Crippen LogP contribution >= 0.6 is 0 Å². The Balaban J connectivity index is 2.73. The van der Waals surface area contributed by atoms with E-state index in [9.17, 15) is 4.79 Å². The zero-order valence-corrected chi connectivity index (χ0v) is 10.1. The first-order chi connectivity index (χ1) is 8.69. The van der Waals surface area contributed by atoms with Gasteiger partial charge in [0.1, 0.15) is 0 Å². The van der Waals surface area contributed by atoms with Crippen molar-refractivity contribution >= 4 is 10.9 Å². The van der Waals surface area contributed by atoms with Gasteiger partial charge in [-0.1, -0.05) is 0 Å². The molecule has 2 rings (SSSR count). The number of nitriles is 1. The molecular weight excluding hydrogens is 232 g/mol. The molecule has 5 heteroatoms. The Morgan fingerprint density at radius 3 is 2.50 bits per heavy atom. The molecule has 1 heterocycles. The summed E-state index contributed by atoms with van der Waals surface area (Å²) < 4.78 is 10.3. The molecule has 0 saturated carbocycles. The third-order valence-corrected chi connectivity index (χ3v) is 2.66. The van der Waals surface area contributed by atoms with Crippen molar-refractivity contribution in [2.24, 2.45) is 0 Å². The van der Waals surface area contributed by atoms with Gasteiger partial charge in [-0.25, -0.2) is 0 Å². The van der Waals surface area contributed by atoms with Crippen molar-refractivity contribution in [2.75, 3.05) is 14.2 Å². The number of ether oxygens (including phenoxy) is 2. The molecule has 0 saturated heterocycles. The molecule has 0 aliphatic heterocycles.